The van der Waals surface area contributed by atoms with Crippen molar-refractivity contribution < 1.29 is 9.90 Å². The summed E-state index contributed by atoms with van der Waals surface area (Å²) < 4.78 is 0.887. The highest BCUT2D eigenvalue weighted by atomic mass is 127. The number of rotatable bonds is 4. The third-order valence-corrected chi connectivity index (χ3v) is 4.77. The summed E-state index contributed by atoms with van der Waals surface area (Å²) in [6.07, 6.45) is -0.266. The number of nitrogens with zero attached hydrogens (tertiary/aromatic N) is 1. The van der Waals surface area contributed by atoms with Gasteiger partial charge in [-0.3, -0.25) is 0 Å². The summed E-state index contributed by atoms with van der Waals surface area (Å²) in [7, 11) is 0. The first-order valence-corrected chi connectivity index (χ1v) is 6.91. The third-order valence-electron chi connectivity index (χ3n) is 2.42. The van der Waals surface area contributed by atoms with Gasteiger partial charge >= 0.3 is 6.09 Å². The molecule has 1 N–H and O–H groups in total. The molecule has 1 rings (SSSR count). The maximum atomic E-state index is 10.8. The SMILES string of the molecule is CCN(CCc1ccc(Cl)c(Cl)c1I)C(=O)O. The fourth-order valence-electron chi connectivity index (χ4n) is 1.40. The third kappa shape index (κ3) is 3.89. The summed E-state index contributed by atoms with van der Waals surface area (Å²) in [4.78, 5) is 12.2. The van der Waals surface area contributed by atoms with Crippen molar-refractivity contribution in [2.75, 3.05) is 13.1 Å². The minimum atomic E-state index is -0.900. The Labute approximate surface area is 124 Å². The number of amides is 1. The standard InChI is InChI=1S/C11H12Cl2INO2/c1-2-15(11(16)17)6-5-7-3-4-8(12)9(13)10(7)14/h3-4H,2,5-6H2,1H3,(H,16,17). The average Bonchev–Trinajstić information content (AvgIpc) is 2.29. The Morgan fingerprint density at radius 3 is 2.65 bits per heavy atom. The maximum Gasteiger partial charge on any atom is 0.407 e. The molecule has 0 bridgehead atoms. The van der Waals surface area contributed by atoms with Gasteiger partial charge in [0.1, 0.15) is 0 Å². The highest BCUT2D eigenvalue weighted by molar-refractivity contribution is 14.1. The quantitative estimate of drug-likeness (QED) is 0.623. The summed E-state index contributed by atoms with van der Waals surface area (Å²) in [5, 5.41) is 9.95. The van der Waals surface area contributed by atoms with Gasteiger partial charge in [-0.05, 0) is 47.6 Å². The van der Waals surface area contributed by atoms with Crippen LogP contribution in [0.3, 0.4) is 0 Å². The molecular formula is C11H12Cl2INO2. The van der Waals surface area contributed by atoms with Crippen LogP contribution in [0.4, 0.5) is 4.79 Å². The minimum Gasteiger partial charge on any atom is -0.465 e. The van der Waals surface area contributed by atoms with Crippen LogP contribution in [0, 0.1) is 3.57 Å². The molecule has 6 heteroatoms. The van der Waals surface area contributed by atoms with Crippen molar-refractivity contribution in [3.8, 4) is 0 Å². The fourth-order valence-corrected chi connectivity index (χ4v) is 2.64. The van der Waals surface area contributed by atoms with Gasteiger partial charge in [0, 0.05) is 16.7 Å². The number of hydrogen-bond donors (Lipinski definition) is 1. The molecule has 17 heavy (non-hydrogen) atoms. The summed E-state index contributed by atoms with van der Waals surface area (Å²) in [6.45, 7) is 2.75. The molecular weight excluding hydrogens is 376 g/mol. The summed E-state index contributed by atoms with van der Waals surface area (Å²) in [5.41, 5.74) is 1.01. The number of carboxylic acid groups (broad SMARTS) is 1. The van der Waals surface area contributed by atoms with Crippen molar-refractivity contribution in [2.24, 2.45) is 0 Å². The number of halogens is 3. The Balaban J connectivity index is 2.76. The van der Waals surface area contributed by atoms with Gasteiger partial charge in [-0.15, -0.1) is 0 Å². The lowest BCUT2D eigenvalue weighted by Gasteiger charge is -2.17. The molecule has 3 nitrogen and oxygen atoms in total. The van der Waals surface area contributed by atoms with Crippen LogP contribution < -0.4 is 0 Å². The molecule has 1 aromatic rings. The smallest absolute Gasteiger partial charge is 0.407 e. The van der Waals surface area contributed by atoms with Crippen molar-refractivity contribution in [1.82, 2.24) is 4.90 Å². The van der Waals surface area contributed by atoms with E-state index in [9.17, 15) is 4.79 Å². The highest BCUT2D eigenvalue weighted by Gasteiger charge is 2.12. The van der Waals surface area contributed by atoms with Gasteiger partial charge in [-0.1, -0.05) is 29.3 Å². The zero-order valence-corrected chi connectivity index (χ0v) is 12.9. The molecule has 0 aromatic heterocycles. The molecule has 0 unspecified atom stereocenters. The van der Waals surface area contributed by atoms with Crippen molar-refractivity contribution in [2.45, 2.75) is 13.3 Å². The first-order valence-electron chi connectivity index (χ1n) is 5.07. The van der Waals surface area contributed by atoms with Crippen LogP contribution in [0.2, 0.25) is 10.0 Å². The van der Waals surface area contributed by atoms with Crippen molar-refractivity contribution >= 4 is 51.9 Å². The lowest BCUT2D eigenvalue weighted by atomic mass is 10.1. The predicted molar refractivity (Wildman–Crippen MR) is 78.2 cm³/mol. The van der Waals surface area contributed by atoms with Gasteiger partial charge in [-0.2, -0.15) is 0 Å². The van der Waals surface area contributed by atoms with E-state index in [1.807, 2.05) is 13.0 Å². The monoisotopic (exact) mass is 387 g/mol. The van der Waals surface area contributed by atoms with Crippen LogP contribution in [-0.4, -0.2) is 29.2 Å². The number of hydrogen-bond acceptors (Lipinski definition) is 1. The van der Waals surface area contributed by atoms with Crippen LogP contribution in [0.25, 0.3) is 0 Å². The summed E-state index contributed by atoms with van der Waals surface area (Å²) in [6, 6.07) is 3.62. The predicted octanol–water partition coefficient (Wildman–Crippen LogP) is 4.14. The topological polar surface area (TPSA) is 40.5 Å². The minimum absolute atomic E-state index is 0.458. The first-order chi connectivity index (χ1) is 7.97. The molecule has 0 aliphatic carbocycles. The molecule has 0 spiro atoms. The van der Waals surface area contributed by atoms with Crippen LogP contribution in [0.5, 0.6) is 0 Å². The van der Waals surface area contributed by atoms with E-state index >= 15 is 0 Å². The molecule has 0 heterocycles. The number of carbonyl (C=O) groups is 1. The molecule has 0 saturated heterocycles. The molecule has 0 aliphatic rings. The summed E-state index contributed by atoms with van der Waals surface area (Å²) in [5.74, 6) is 0. The second kappa shape index (κ2) is 6.66. The van der Waals surface area contributed by atoms with Crippen LogP contribution >= 0.6 is 45.8 Å². The number of benzene rings is 1. The molecule has 1 aromatic carbocycles. The van der Waals surface area contributed by atoms with E-state index in [2.05, 4.69) is 22.6 Å². The van der Waals surface area contributed by atoms with Crippen molar-refractivity contribution in [3.63, 3.8) is 0 Å². The van der Waals surface area contributed by atoms with Gasteiger partial charge in [0.2, 0.25) is 0 Å². The van der Waals surface area contributed by atoms with Crippen molar-refractivity contribution in [1.29, 1.82) is 0 Å². The molecule has 1 amide bonds. The Bertz CT molecular complexity index is 426. The van der Waals surface area contributed by atoms with E-state index in [-0.39, 0.29) is 0 Å². The van der Waals surface area contributed by atoms with Gasteiger partial charge in [0.15, 0.2) is 0 Å². The molecule has 0 radical (unpaired) electrons. The average molecular weight is 388 g/mol. The molecule has 0 saturated carbocycles. The first kappa shape index (κ1) is 14.9. The fraction of sp³-hybridized carbons (Fsp3) is 0.364. The lowest BCUT2D eigenvalue weighted by Crippen LogP contribution is -2.31. The van der Waals surface area contributed by atoms with E-state index in [1.54, 1.807) is 6.07 Å². The molecule has 0 aliphatic heterocycles. The second-order valence-electron chi connectivity index (χ2n) is 3.45. The van der Waals surface area contributed by atoms with Gasteiger partial charge in [0.25, 0.3) is 0 Å². The summed E-state index contributed by atoms with van der Waals surface area (Å²) >= 11 is 14.0. The largest absolute Gasteiger partial charge is 0.465 e. The van der Waals surface area contributed by atoms with E-state index in [0.717, 1.165) is 9.13 Å². The molecule has 0 fully saturated rings. The number of likely N-dealkylation sites (N-methyl/N-ethyl adjacent to an activating group) is 1. The van der Waals surface area contributed by atoms with Crippen LogP contribution in [0.15, 0.2) is 12.1 Å². The zero-order valence-electron chi connectivity index (χ0n) is 9.21. The van der Waals surface area contributed by atoms with E-state index in [1.165, 1.54) is 4.90 Å². The Morgan fingerprint density at radius 2 is 2.12 bits per heavy atom. The normalized spacial score (nSPS) is 10.4. The maximum absolute atomic E-state index is 10.8. The van der Waals surface area contributed by atoms with Gasteiger partial charge < -0.3 is 10.0 Å². The lowest BCUT2D eigenvalue weighted by molar-refractivity contribution is 0.148. The van der Waals surface area contributed by atoms with E-state index < -0.39 is 6.09 Å². The molecule has 0 atom stereocenters. The van der Waals surface area contributed by atoms with Crippen molar-refractivity contribution in [3.05, 3.63) is 31.3 Å². The Morgan fingerprint density at radius 1 is 1.47 bits per heavy atom. The second-order valence-corrected chi connectivity index (χ2v) is 5.31. The zero-order chi connectivity index (χ0) is 13.0. The van der Waals surface area contributed by atoms with Gasteiger partial charge in [-0.25, -0.2) is 4.79 Å². The van der Waals surface area contributed by atoms with Crippen LogP contribution in [0.1, 0.15) is 12.5 Å². The van der Waals surface area contributed by atoms with Crippen LogP contribution in [-0.2, 0) is 6.42 Å². The van der Waals surface area contributed by atoms with Gasteiger partial charge in [0.05, 0.1) is 10.0 Å². The van der Waals surface area contributed by atoms with E-state index in [4.69, 9.17) is 28.3 Å². The molecule has 94 valence electrons. The van der Waals surface area contributed by atoms with E-state index in [0.29, 0.717) is 29.6 Å². The Hall–Kier alpha value is -0.200. The highest BCUT2D eigenvalue weighted by Crippen LogP contribution is 2.30. The Kier molecular flexibility index (Phi) is 5.82.